The van der Waals surface area contributed by atoms with E-state index >= 15 is 0 Å². The van der Waals surface area contributed by atoms with Crippen LogP contribution in [0.5, 0.6) is 0 Å². The molecule has 0 bridgehead atoms. The van der Waals surface area contributed by atoms with Gasteiger partial charge in [-0.25, -0.2) is 0 Å². The Morgan fingerprint density at radius 3 is 3.12 bits per heavy atom. The van der Waals surface area contributed by atoms with Crippen LogP contribution in [-0.2, 0) is 4.79 Å². The Morgan fingerprint density at radius 2 is 2.35 bits per heavy atom. The standard InChI is InChI=1S/C13H16N2OS/c1-2-5-10(14)13(16)15-8-9-17-12-7-4-3-6-11(12)15/h2-4,6-7,10H,1,5,8-9,14H2. The molecular formula is C13H16N2OS. The molecule has 4 heteroatoms. The summed E-state index contributed by atoms with van der Waals surface area (Å²) in [5, 5.41) is 0. The first-order chi connectivity index (χ1) is 8.24. The van der Waals surface area contributed by atoms with Crippen molar-refractivity contribution in [3.63, 3.8) is 0 Å². The number of hydrogen-bond donors (Lipinski definition) is 1. The summed E-state index contributed by atoms with van der Waals surface area (Å²) < 4.78 is 0. The second-order valence-electron chi connectivity index (χ2n) is 3.94. The minimum absolute atomic E-state index is 0.0161. The van der Waals surface area contributed by atoms with Gasteiger partial charge in [0.2, 0.25) is 5.91 Å². The van der Waals surface area contributed by atoms with Crippen LogP contribution in [0.3, 0.4) is 0 Å². The quantitative estimate of drug-likeness (QED) is 0.833. The largest absolute Gasteiger partial charge is 0.320 e. The lowest BCUT2D eigenvalue weighted by Gasteiger charge is -2.30. The average molecular weight is 248 g/mol. The molecule has 3 nitrogen and oxygen atoms in total. The van der Waals surface area contributed by atoms with Gasteiger partial charge in [0.25, 0.3) is 0 Å². The van der Waals surface area contributed by atoms with E-state index in [1.165, 1.54) is 0 Å². The fraction of sp³-hybridized carbons (Fsp3) is 0.308. The number of nitrogens with two attached hydrogens (primary N) is 1. The maximum Gasteiger partial charge on any atom is 0.244 e. The number of anilines is 1. The average Bonchev–Trinajstić information content (AvgIpc) is 2.37. The van der Waals surface area contributed by atoms with E-state index in [0.717, 1.165) is 22.9 Å². The van der Waals surface area contributed by atoms with E-state index in [0.29, 0.717) is 6.42 Å². The smallest absolute Gasteiger partial charge is 0.244 e. The summed E-state index contributed by atoms with van der Waals surface area (Å²) in [6.45, 7) is 4.35. The van der Waals surface area contributed by atoms with Crippen LogP contribution >= 0.6 is 11.8 Å². The van der Waals surface area contributed by atoms with Crippen molar-refractivity contribution < 1.29 is 4.79 Å². The summed E-state index contributed by atoms with van der Waals surface area (Å²) in [5.41, 5.74) is 6.83. The number of thioether (sulfide) groups is 1. The molecule has 1 atom stereocenters. The number of carbonyl (C=O) groups excluding carboxylic acids is 1. The Morgan fingerprint density at radius 1 is 1.59 bits per heavy atom. The van der Waals surface area contributed by atoms with Crippen LogP contribution < -0.4 is 10.6 Å². The predicted molar refractivity (Wildman–Crippen MR) is 72.3 cm³/mol. The number of rotatable bonds is 3. The molecule has 0 spiro atoms. The minimum atomic E-state index is -0.483. The van der Waals surface area contributed by atoms with Crippen molar-refractivity contribution >= 4 is 23.4 Å². The van der Waals surface area contributed by atoms with Gasteiger partial charge in [-0.05, 0) is 18.6 Å². The van der Waals surface area contributed by atoms with Gasteiger partial charge in [-0.3, -0.25) is 4.79 Å². The molecule has 0 aromatic heterocycles. The van der Waals surface area contributed by atoms with Gasteiger partial charge >= 0.3 is 0 Å². The first-order valence-corrected chi connectivity index (χ1v) is 6.62. The normalized spacial score (nSPS) is 16.2. The van der Waals surface area contributed by atoms with Crippen molar-refractivity contribution in [3.05, 3.63) is 36.9 Å². The van der Waals surface area contributed by atoms with Crippen molar-refractivity contribution in [2.24, 2.45) is 5.73 Å². The van der Waals surface area contributed by atoms with E-state index in [1.54, 1.807) is 22.7 Å². The van der Waals surface area contributed by atoms with Gasteiger partial charge in [-0.1, -0.05) is 18.2 Å². The molecule has 0 saturated heterocycles. The predicted octanol–water partition coefficient (Wildman–Crippen LogP) is 2.03. The number of amides is 1. The summed E-state index contributed by atoms with van der Waals surface area (Å²) in [6.07, 6.45) is 2.21. The fourth-order valence-corrected chi connectivity index (χ4v) is 2.87. The molecule has 0 radical (unpaired) electrons. The Hall–Kier alpha value is -1.26. The fourth-order valence-electron chi connectivity index (χ4n) is 1.88. The highest BCUT2D eigenvalue weighted by atomic mass is 32.2. The second kappa shape index (κ2) is 5.38. The molecule has 1 heterocycles. The monoisotopic (exact) mass is 248 g/mol. The second-order valence-corrected chi connectivity index (χ2v) is 5.07. The van der Waals surface area contributed by atoms with Crippen LogP contribution in [0, 0.1) is 0 Å². The van der Waals surface area contributed by atoms with E-state index in [-0.39, 0.29) is 5.91 Å². The maximum absolute atomic E-state index is 12.2. The minimum Gasteiger partial charge on any atom is -0.320 e. The highest BCUT2D eigenvalue weighted by Gasteiger charge is 2.25. The highest BCUT2D eigenvalue weighted by Crippen LogP contribution is 2.34. The Labute approximate surface area is 106 Å². The van der Waals surface area contributed by atoms with Crippen molar-refractivity contribution in [2.45, 2.75) is 17.4 Å². The molecule has 17 heavy (non-hydrogen) atoms. The zero-order valence-electron chi connectivity index (χ0n) is 9.63. The van der Waals surface area contributed by atoms with Gasteiger partial charge in [-0.15, -0.1) is 18.3 Å². The van der Waals surface area contributed by atoms with Crippen LogP contribution in [0.25, 0.3) is 0 Å². The molecule has 90 valence electrons. The van der Waals surface area contributed by atoms with Crippen molar-refractivity contribution in [3.8, 4) is 0 Å². The van der Waals surface area contributed by atoms with E-state index < -0.39 is 6.04 Å². The van der Waals surface area contributed by atoms with Gasteiger partial charge in [0.1, 0.15) is 0 Å². The van der Waals surface area contributed by atoms with Crippen LogP contribution in [0.1, 0.15) is 6.42 Å². The third-order valence-corrected chi connectivity index (χ3v) is 3.78. The number of para-hydroxylation sites is 1. The van der Waals surface area contributed by atoms with Crippen molar-refractivity contribution in [1.29, 1.82) is 0 Å². The number of hydrogen-bond acceptors (Lipinski definition) is 3. The lowest BCUT2D eigenvalue weighted by atomic mass is 10.1. The number of fused-ring (bicyclic) bond motifs is 1. The molecule has 1 aromatic rings. The molecular weight excluding hydrogens is 232 g/mol. The topological polar surface area (TPSA) is 46.3 Å². The van der Waals surface area contributed by atoms with Gasteiger partial charge in [0.05, 0.1) is 11.7 Å². The number of carbonyl (C=O) groups is 1. The molecule has 1 unspecified atom stereocenters. The summed E-state index contributed by atoms with van der Waals surface area (Å²) in [5.74, 6) is 0.904. The first kappa shape index (κ1) is 12.2. The SMILES string of the molecule is C=CCC(N)C(=O)N1CCSc2ccccc21. The molecule has 1 aliphatic rings. The van der Waals surface area contributed by atoms with Crippen LogP contribution in [-0.4, -0.2) is 24.2 Å². The van der Waals surface area contributed by atoms with E-state index in [2.05, 4.69) is 6.58 Å². The molecule has 0 aliphatic carbocycles. The zero-order valence-corrected chi connectivity index (χ0v) is 10.5. The number of benzene rings is 1. The highest BCUT2D eigenvalue weighted by molar-refractivity contribution is 7.99. The van der Waals surface area contributed by atoms with Crippen molar-refractivity contribution in [1.82, 2.24) is 0 Å². The Bertz CT molecular complexity index is 433. The summed E-state index contributed by atoms with van der Waals surface area (Å²) in [6, 6.07) is 7.47. The molecule has 1 aliphatic heterocycles. The van der Waals surface area contributed by atoms with Gasteiger partial charge < -0.3 is 10.6 Å². The van der Waals surface area contributed by atoms with Crippen molar-refractivity contribution in [2.75, 3.05) is 17.2 Å². The van der Waals surface area contributed by atoms with Gasteiger partial charge in [-0.2, -0.15) is 0 Å². The third-order valence-electron chi connectivity index (χ3n) is 2.73. The van der Waals surface area contributed by atoms with Crippen LogP contribution in [0.15, 0.2) is 41.8 Å². The number of nitrogens with zero attached hydrogens (tertiary/aromatic N) is 1. The summed E-state index contributed by atoms with van der Waals surface area (Å²) >= 11 is 1.78. The lowest BCUT2D eigenvalue weighted by Crippen LogP contribution is -2.45. The van der Waals surface area contributed by atoms with Gasteiger partial charge in [0.15, 0.2) is 0 Å². The molecule has 2 rings (SSSR count). The molecule has 0 fully saturated rings. The molecule has 1 aromatic carbocycles. The lowest BCUT2D eigenvalue weighted by molar-refractivity contribution is -0.119. The molecule has 0 saturated carbocycles. The van der Waals surface area contributed by atoms with Crippen LogP contribution in [0.2, 0.25) is 0 Å². The maximum atomic E-state index is 12.2. The first-order valence-electron chi connectivity index (χ1n) is 5.63. The summed E-state index contributed by atoms with van der Waals surface area (Å²) in [7, 11) is 0. The summed E-state index contributed by atoms with van der Waals surface area (Å²) in [4.78, 5) is 15.1. The third kappa shape index (κ3) is 2.53. The van der Waals surface area contributed by atoms with Gasteiger partial charge in [0, 0.05) is 17.2 Å². The molecule has 2 N–H and O–H groups in total. The Kier molecular flexibility index (Phi) is 3.86. The van der Waals surface area contributed by atoms with E-state index in [4.69, 9.17) is 5.73 Å². The van der Waals surface area contributed by atoms with Crippen LogP contribution in [0.4, 0.5) is 5.69 Å². The molecule has 1 amide bonds. The van der Waals surface area contributed by atoms with E-state index in [1.807, 2.05) is 24.3 Å². The van der Waals surface area contributed by atoms with E-state index in [9.17, 15) is 4.79 Å². The Balaban J connectivity index is 2.23. The zero-order chi connectivity index (χ0) is 12.3.